The largest absolute Gasteiger partial charge is 0.456 e. The first-order valence-corrected chi connectivity index (χ1v) is 17.8. The van der Waals surface area contributed by atoms with Gasteiger partial charge in [-0.15, -0.1) is 43.0 Å². The number of para-hydroxylation sites is 1. The van der Waals surface area contributed by atoms with Crippen LogP contribution in [0.3, 0.4) is 0 Å². The van der Waals surface area contributed by atoms with E-state index in [0.717, 1.165) is 32.3 Å². The van der Waals surface area contributed by atoms with Gasteiger partial charge in [0.2, 0.25) is 0 Å². The zero-order valence-corrected chi connectivity index (χ0v) is 30.4. The molecule has 7 aromatic carbocycles. The van der Waals surface area contributed by atoms with Crippen LogP contribution in [0.4, 0.5) is 0 Å². The molecule has 0 aliphatic rings. The third-order valence-corrected chi connectivity index (χ3v) is 10.7. The summed E-state index contributed by atoms with van der Waals surface area (Å²) in [7, 11) is 63.2. The molecule has 17 heteroatoms. The van der Waals surface area contributed by atoms with E-state index in [9.17, 15) is 0 Å². The average molecular weight is 715 g/mol. The third-order valence-electron chi connectivity index (χ3n) is 10.7. The first-order valence-electron chi connectivity index (χ1n) is 17.8. The van der Waals surface area contributed by atoms with Gasteiger partial charge in [-0.3, -0.25) is 0 Å². The molecule has 58 heavy (non-hydrogen) atoms. The summed E-state index contributed by atoms with van der Waals surface area (Å²) in [5, 5.41) is 14.7. The molecule has 0 saturated heterocycles. The van der Waals surface area contributed by atoms with Crippen LogP contribution in [-0.2, 0) is 0 Å². The fourth-order valence-corrected chi connectivity index (χ4v) is 7.60. The molecule has 10 aromatic rings. The molecule has 0 atom stereocenters. The van der Waals surface area contributed by atoms with Gasteiger partial charge in [-0.25, -0.2) is 15.0 Å². The number of hydrogen-bond acceptors (Lipinski definition) is 6. The topological polar surface area (TPSA) is 82.5 Å². The lowest BCUT2D eigenvalue weighted by molar-refractivity contribution is 0.669. The Morgan fingerprint density at radius 1 is 0.448 bits per heavy atom. The molecular formula is C41H14B10N6O. The first kappa shape index (κ1) is 36.3. The van der Waals surface area contributed by atoms with Gasteiger partial charge in [0, 0.05) is 32.8 Å². The van der Waals surface area contributed by atoms with Crippen molar-refractivity contribution in [2.24, 2.45) is 0 Å². The molecule has 3 heterocycles. The van der Waals surface area contributed by atoms with E-state index in [1.807, 2.05) is 84.9 Å². The Balaban J connectivity index is 1.24. The molecule has 244 valence electrons. The molecule has 10 rings (SSSR count). The van der Waals surface area contributed by atoms with E-state index in [4.69, 9.17) is 108 Å². The predicted molar refractivity (Wildman–Crippen MR) is 245 cm³/mol. The van der Waals surface area contributed by atoms with Crippen molar-refractivity contribution in [3.63, 3.8) is 0 Å². The maximum absolute atomic E-state index is 6.58. The Labute approximate surface area is 345 Å². The molecule has 0 aliphatic heterocycles. The Hall–Kier alpha value is -6.08. The van der Waals surface area contributed by atoms with Gasteiger partial charge >= 0.3 is 0 Å². The number of hydrogen-bond donors (Lipinski definition) is 0. The summed E-state index contributed by atoms with van der Waals surface area (Å²) in [5.41, 5.74) is 5.12. The molecule has 0 N–H and O–H groups in total. The van der Waals surface area contributed by atoms with Crippen LogP contribution in [0.25, 0.3) is 94.4 Å². The van der Waals surface area contributed by atoms with Gasteiger partial charge in [0.05, 0.1) is 5.69 Å². The normalized spacial score (nSPS) is 11.8. The number of aromatic nitrogens is 6. The molecule has 0 amide bonds. The van der Waals surface area contributed by atoms with E-state index in [-0.39, 0.29) is 71.7 Å². The van der Waals surface area contributed by atoms with Crippen LogP contribution in [-0.4, -0.2) is 108 Å². The molecule has 0 fully saturated rings. The minimum Gasteiger partial charge on any atom is -0.456 e. The van der Waals surface area contributed by atoms with Gasteiger partial charge in [-0.2, -0.15) is 4.80 Å². The molecule has 0 aliphatic carbocycles. The van der Waals surface area contributed by atoms with E-state index in [1.165, 1.54) is 4.80 Å². The van der Waals surface area contributed by atoms with Crippen molar-refractivity contribution < 1.29 is 4.42 Å². The van der Waals surface area contributed by atoms with Crippen molar-refractivity contribution in [1.29, 1.82) is 0 Å². The van der Waals surface area contributed by atoms with Crippen LogP contribution >= 0.6 is 0 Å². The van der Waals surface area contributed by atoms with Crippen molar-refractivity contribution >= 4 is 188 Å². The summed E-state index contributed by atoms with van der Waals surface area (Å²) in [5.74, 6) is 0.768. The Morgan fingerprint density at radius 3 is 1.78 bits per heavy atom. The van der Waals surface area contributed by atoms with Gasteiger partial charge in [0.15, 0.2) is 17.5 Å². The number of nitrogens with zero attached hydrogens (tertiary/aromatic N) is 6. The second-order valence-corrected chi connectivity index (χ2v) is 14.0. The molecule has 3 aromatic heterocycles. The van der Waals surface area contributed by atoms with E-state index >= 15 is 0 Å². The fourth-order valence-electron chi connectivity index (χ4n) is 7.60. The van der Waals surface area contributed by atoms with Gasteiger partial charge < -0.3 is 4.42 Å². The summed E-state index contributed by atoms with van der Waals surface area (Å²) in [4.78, 5) is 16.3. The minimum atomic E-state index is 0.0650. The smallest absolute Gasteiger partial charge is 0.164 e. The summed E-state index contributed by atoms with van der Waals surface area (Å²) in [6, 6.07) is 27.1. The van der Waals surface area contributed by atoms with Crippen molar-refractivity contribution in [1.82, 2.24) is 29.9 Å². The summed E-state index contributed by atoms with van der Waals surface area (Å²) in [6.45, 7) is 0. The van der Waals surface area contributed by atoms with Crippen molar-refractivity contribution in [3.05, 3.63) is 84.9 Å². The minimum absolute atomic E-state index is 0.0650. The van der Waals surface area contributed by atoms with Gasteiger partial charge in [-0.1, -0.05) is 82.5 Å². The van der Waals surface area contributed by atoms with Crippen LogP contribution in [0, 0.1) is 0 Å². The zero-order chi connectivity index (χ0) is 40.3. The highest BCUT2D eigenvalue weighted by Gasteiger charge is 2.22. The fraction of sp³-hybridized carbons (Fsp3) is 0. The van der Waals surface area contributed by atoms with Crippen LogP contribution in [0.2, 0.25) is 0 Å². The quantitative estimate of drug-likeness (QED) is 0.152. The molecule has 0 bridgehead atoms. The van der Waals surface area contributed by atoms with Gasteiger partial charge in [0.25, 0.3) is 0 Å². The number of furan rings is 1. The average Bonchev–Trinajstić information content (AvgIpc) is 3.85. The molecule has 0 unspecified atom stereocenters. The Morgan fingerprint density at radius 2 is 1.03 bits per heavy atom. The van der Waals surface area contributed by atoms with E-state index < -0.39 is 0 Å². The Bertz CT molecular complexity index is 3380. The molecule has 0 saturated carbocycles. The van der Waals surface area contributed by atoms with Gasteiger partial charge in [-0.05, 0) is 40.4 Å². The Kier molecular flexibility index (Phi) is 8.28. The summed E-state index contributed by atoms with van der Waals surface area (Å²) in [6.07, 6.45) is 0. The standard InChI is InChI=1S/C41H14B10N6O/c42-27-26(28(43)30(45)31(46)29(27)44)41-53-39(52-40(54-41)19-5-3-7-23-25(19)18-4-1-2-6-22(18)58-23)17-11-9-15-8-10-16-12-13-21-37(24(16)20(15)14-17)56-57(55-21)38-35(50)33(48)32(47)34(49)36(38)51/h1-14H. The highest BCUT2D eigenvalue weighted by molar-refractivity contribution is 6.69. The molecular weight excluding hydrogens is 701 g/mol. The third kappa shape index (κ3) is 5.32. The van der Waals surface area contributed by atoms with Crippen LogP contribution < -0.4 is 54.6 Å². The number of fused-ring (bicyclic) bond motifs is 8. The van der Waals surface area contributed by atoms with Crippen LogP contribution in [0.5, 0.6) is 0 Å². The lowest BCUT2D eigenvalue weighted by Gasteiger charge is -2.20. The number of rotatable bonds is 4. The van der Waals surface area contributed by atoms with Crippen molar-refractivity contribution in [2.45, 2.75) is 0 Å². The van der Waals surface area contributed by atoms with E-state index in [0.29, 0.717) is 45.0 Å². The summed E-state index contributed by atoms with van der Waals surface area (Å²) < 4.78 is 6.21. The second-order valence-electron chi connectivity index (χ2n) is 14.0. The lowest BCUT2D eigenvalue weighted by atomic mass is 9.60. The van der Waals surface area contributed by atoms with Crippen molar-refractivity contribution in [3.8, 4) is 39.9 Å². The zero-order valence-electron chi connectivity index (χ0n) is 30.4. The molecule has 20 radical (unpaired) electrons. The highest BCUT2D eigenvalue weighted by Crippen LogP contribution is 2.37. The number of benzene rings is 7. The monoisotopic (exact) mass is 716 g/mol. The van der Waals surface area contributed by atoms with Crippen LogP contribution in [0.1, 0.15) is 0 Å². The highest BCUT2D eigenvalue weighted by atomic mass is 16.3. The second kappa shape index (κ2) is 13.2. The SMILES string of the molecule is [B]c1c([B])c([B])c(-c2nc(-c3ccc4ccc5ccc6nn(-c7c([B])c([B])c([B])c([B])c7[B])nc6c5c4c3)nc(-c3cccc4oc5ccccc5c34)n2)c([B])c1[B]. The maximum Gasteiger partial charge on any atom is 0.164 e. The van der Waals surface area contributed by atoms with E-state index in [1.54, 1.807) is 0 Å². The predicted octanol–water partition coefficient (Wildman–Crippen LogP) is -2.25. The lowest BCUT2D eigenvalue weighted by Crippen LogP contribution is -2.56. The van der Waals surface area contributed by atoms with Gasteiger partial charge in [0.1, 0.15) is 101 Å². The molecule has 7 nitrogen and oxygen atoms in total. The maximum atomic E-state index is 6.58. The molecule has 0 spiro atoms. The van der Waals surface area contributed by atoms with E-state index in [2.05, 4.69) is 0 Å². The van der Waals surface area contributed by atoms with Crippen molar-refractivity contribution in [2.75, 3.05) is 0 Å². The summed E-state index contributed by atoms with van der Waals surface area (Å²) >= 11 is 0. The van der Waals surface area contributed by atoms with Crippen LogP contribution in [0.15, 0.2) is 89.3 Å². The first-order chi connectivity index (χ1) is 27.9.